The number of carbonyl (C=O) groups is 1. The van der Waals surface area contributed by atoms with Crippen molar-refractivity contribution in [3.05, 3.63) is 30.3 Å². The molecule has 1 aliphatic rings. The molecule has 0 bridgehead atoms. The van der Waals surface area contributed by atoms with Crippen molar-refractivity contribution < 1.29 is 4.79 Å². The minimum Gasteiger partial charge on any atom is -0.341 e. The third-order valence-corrected chi connectivity index (χ3v) is 5.93. The quantitative estimate of drug-likeness (QED) is 0.818. The molecule has 1 aromatic carbocycles. The zero-order valence-corrected chi connectivity index (χ0v) is 15.6. The molecule has 0 spiro atoms. The predicted molar refractivity (Wildman–Crippen MR) is 99.9 cm³/mol. The first-order valence-corrected chi connectivity index (χ1v) is 9.96. The van der Waals surface area contributed by atoms with Gasteiger partial charge in [-0.05, 0) is 30.4 Å². The first-order valence-electron chi connectivity index (χ1n) is 8.16. The number of carbonyl (C=O) groups excluding carboxylic acids is 1. The number of amides is 1. The normalized spacial score (nSPS) is 20.8. The lowest BCUT2D eigenvalue weighted by Crippen LogP contribution is -2.43. The van der Waals surface area contributed by atoms with Crippen molar-refractivity contribution >= 4 is 39.8 Å². The van der Waals surface area contributed by atoms with Crippen LogP contribution in [0.4, 0.5) is 10.8 Å². The summed E-state index contributed by atoms with van der Waals surface area (Å²) in [5.74, 6) is 1.81. The molecule has 2 atom stereocenters. The van der Waals surface area contributed by atoms with E-state index in [4.69, 9.17) is 0 Å². The molecule has 0 aliphatic carbocycles. The minimum atomic E-state index is 0.200. The van der Waals surface area contributed by atoms with E-state index in [0.717, 1.165) is 28.2 Å². The molecule has 3 rings (SSSR count). The molecule has 0 radical (unpaired) electrons. The molecule has 24 heavy (non-hydrogen) atoms. The van der Waals surface area contributed by atoms with E-state index in [0.29, 0.717) is 17.6 Å². The number of para-hydroxylation sites is 1. The molecule has 5 nitrogen and oxygen atoms in total. The summed E-state index contributed by atoms with van der Waals surface area (Å²) in [6.07, 6.45) is 1.21. The summed E-state index contributed by atoms with van der Waals surface area (Å²) < 4.78 is 0.819. The number of nitrogens with zero attached hydrogens (tertiary/aromatic N) is 3. The number of likely N-dealkylation sites (tertiary alicyclic amines) is 1. The van der Waals surface area contributed by atoms with Gasteiger partial charge in [0.25, 0.3) is 0 Å². The fraction of sp³-hybridized carbons (Fsp3) is 0.471. The van der Waals surface area contributed by atoms with Gasteiger partial charge in [0.1, 0.15) is 0 Å². The van der Waals surface area contributed by atoms with Crippen molar-refractivity contribution in [2.45, 2.75) is 24.6 Å². The van der Waals surface area contributed by atoms with Crippen LogP contribution in [0.1, 0.15) is 20.3 Å². The average molecular weight is 363 g/mol. The van der Waals surface area contributed by atoms with E-state index in [1.807, 2.05) is 35.2 Å². The van der Waals surface area contributed by atoms with Crippen molar-refractivity contribution in [3.63, 3.8) is 0 Å². The Morgan fingerprint density at radius 2 is 1.96 bits per heavy atom. The lowest BCUT2D eigenvalue weighted by Gasteiger charge is -2.34. The van der Waals surface area contributed by atoms with Gasteiger partial charge in [0.2, 0.25) is 11.0 Å². The van der Waals surface area contributed by atoms with Gasteiger partial charge < -0.3 is 10.2 Å². The summed E-state index contributed by atoms with van der Waals surface area (Å²) in [7, 11) is 0. The number of thioether (sulfide) groups is 1. The average Bonchev–Trinajstić information content (AvgIpc) is 3.00. The second-order valence-corrected chi connectivity index (χ2v) is 8.60. The molecule has 0 saturated carbocycles. The SMILES string of the molecule is CC1CC(C)CN(C(=O)CSc2nnc(Nc3ccccc3)s2)C1. The summed E-state index contributed by atoms with van der Waals surface area (Å²) in [5, 5.41) is 12.3. The van der Waals surface area contributed by atoms with Gasteiger partial charge in [0, 0.05) is 18.8 Å². The summed E-state index contributed by atoms with van der Waals surface area (Å²) in [6, 6.07) is 9.88. The standard InChI is InChI=1S/C17H22N4OS2/c1-12-8-13(2)10-21(9-12)15(22)11-23-17-20-19-16(24-17)18-14-6-4-3-5-7-14/h3-7,12-13H,8-11H2,1-2H3,(H,18,19). The van der Waals surface area contributed by atoms with Crippen molar-refractivity contribution in [2.75, 3.05) is 24.2 Å². The Labute approximate surface area is 150 Å². The number of rotatable bonds is 5. The Kier molecular flexibility index (Phi) is 5.73. The van der Waals surface area contributed by atoms with Gasteiger partial charge in [-0.15, -0.1) is 10.2 Å². The third-order valence-electron chi connectivity index (χ3n) is 3.97. The van der Waals surface area contributed by atoms with Crippen molar-refractivity contribution in [1.82, 2.24) is 15.1 Å². The van der Waals surface area contributed by atoms with E-state index < -0.39 is 0 Å². The Balaban J connectivity index is 1.51. The number of anilines is 2. The molecule has 7 heteroatoms. The van der Waals surface area contributed by atoms with Crippen molar-refractivity contribution in [2.24, 2.45) is 11.8 Å². The summed E-state index contributed by atoms with van der Waals surface area (Å²) in [6.45, 7) is 6.19. The number of aromatic nitrogens is 2. The van der Waals surface area contributed by atoms with E-state index in [1.54, 1.807) is 0 Å². The first kappa shape index (κ1) is 17.2. The van der Waals surface area contributed by atoms with Crippen LogP contribution in [0.5, 0.6) is 0 Å². The predicted octanol–water partition coefficient (Wildman–Crippen LogP) is 3.88. The highest BCUT2D eigenvalue weighted by Gasteiger charge is 2.25. The lowest BCUT2D eigenvalue weighted by atomic mass is 9.92. The maximum absolute atomic E-state index is 12.4. The molecule has 1 N–H and O–H groups in total. The fourth-order valence-electron chi connectivity index (χ4n) is 3.04. The second-order valence-electron chi connectivity index (χ2n) is 6.40. The van der Waals surface area contributed by atoms with Crippen LogP contribution in [0.25, 0.3) is 0 Å². The molecule has 1 fully saturated rings. The molecule has 128 valence electrons. The Morgan fingerprint density at radius 3 is 2.67 bits per heavy atom. The van der Waals surface area contributed by atoms with Gasteiger partial charge >= 0.3 is 0 Å². The van der Waals surface area contributed by atoms with Gasteiger partial charge in [-0.25, -0.2) is 0 Å². The Hall–Kier alpha value is -1.60. The molecular weight excluding hydrogens is 340 g/mol. The smallest absolute Gasteiger partial charge is 0.233 e. The van der Waals surface area contributed by atoms with E-state index in [2.05, 4.69) is 29.4 Å². The summed E-state index contributed by atoms with van der Waals surface area (Å²) >= 11 is 2.95. The van der Waals surface area contributed by atoms with Crippen LogP contribution < -0.4 is 5.32 Å². The van der Waals surface area contributed by atoms with Crippen molar-refractivity contribution in [1.29, 1.82) is 0 Å². The Morgan fingerprint density at radius 1 is 1.25 bits per heavy atom. The van der Waals surface area contributed by atoms with Gasteiger partial charge in [0.15, 0.2) is 4.34 Å². The van der Waals surface area contributed by atoms with E-state index >= 15 is 0 Å². The lowest BCUT2D eigenvalue weighted by molar-refractivity contribution is -0.130. The number of hydrogen-bond acceptors (Lipinski definition) is 6. The van der Waals surface area contributed by atoms with Crippen LogP contribution in [-0.4, -0.2) is 39.8 Å². The maximum atomic E-state index is 12.4. The van der Waals surface area contributed by atoms with Crippen LogP contribution in [0.2, 0.25) is 0 Å². The highest BCUT2D eigenvalue weighted by Crippen LogP contribution is 2.28. The summed E-state index contributed by atoms with van der Waals surface area (Å²) in [5.41, 5.74) is 0.984. The molecule has 1 aromatic heterocycles. The summed E-state index contributed by atoms with van der Waals surface area (Å²) in [4.78, 5) is 14.4. The molecule has 1 amide bonds. The molecule has 2 heterocycles. The molecular formula is C17H22N4OS2. The van der Waals surface area contributed by atoms with Crippen LogP contribution >= 0.6 is 23.1 Å². The van der Waals surface area contributed by atoms with Gasteiger partial charge in [-0.3, -0.25) is 4.79 Å². The molecule has 1 aliphatic heterocycles. The van der Waals surface area contributed by atoms with Gasteiger partial charge in [-0.1, -0.05) is 55.1 Å². The van der Waals surface area contributed by atoms with E-state index in [1.165, 1.54) is 29.5 Å². The van der Waals surface area contributed by atoms with Crippen LogP contribution in [0.15, 0.2) is 34.7 Å². The van der Waals surface area contributed by atoms with Crippen LogP contribution in [-0.2, 0) is 4.79 Å². The van der Waals surface area contributed by atoms with Gasteiger partial charge in [0.05, 0.1) is 5.75 Å². The monoisotopic (exact) mass is 362 g/mol. The zero-order valence-electron chi connectivity index (χ0n) is 13.9. The third kappa shape index (κ3) is 4.70. The highest BCUT2D eigenvalue weighted by molar-refractivity contribution is 8.01. The van der Waals surface area contributed by atoms with Gasteiger partial charge in [-0.2, -0.15) is 0 Å². The number of hydrogen-bond donors (Lipinski definition) is 1. The van der Waals surface area contributed by atoms with E-state index in [-0.39, 0.29) is 5.91 Å². The molecule has 2 unspecified atom stereocenters. The molecule has 1 saturated heterocycles. The molecule has 2 aromatic rings. The fourth-order valence-corrected chi connectivity index (χ4v) is 4.72. The van der Waals surface area contributed by atoms with Crippen LogP contribution in [0, 0.1) is 11.8 Å². The highest BCUT2D eigenvalue weighted by atomic mass is 32.2. The van der Waals surface area contributed by atoms with Crippen LogP contribution in [0.3, 0.4) is 0 Å². The second kappa shape index (κ2) is 7.98. The first-order chi connectivity index (χ1) is 11.6. The number of nitrogens with one attached hydrogen (secondary N) is 1. The largest absolute Gasteiger partial charge is 0.341 e. The van der Waals surface area contributed by atoms with E-state index in [9.17, 15) is 4.79 Å². The number of benzene rings is 1. The zero-order chi connectivity index (χ0) is 16.9. The maximum Gasteiger partial charge on any atom is 0.233 e. The Bertz CT molecular complexity index is 666. The van der Waals surface area contributed by atoms with Crippen molar-refractivity contribution in [3.8, 4) is 0 Å². The minimum absolute atomic E-state index is 0.200. The topological polar surface area (TPSA) is 58.1 Å². The number of piperidine rings is 1.